The van der Waals surface area contributed by atoms with Crippen LogP contribution in [-0.4, -0.2) is 34.5 Å². The lowest BCUT2D eigenvalue weighted by molar-refractivity contribution is -0.127. The number of ketones is 1. The van der Waals surface area contributed by atoms with Crippen LogP contribution in [0.4, 0.5) is 11.4 Å². The summed E-state index contributed by atoms with van der Waals surface area (Å²) >= 11 is 6.39. The van der Waals surface area contributed by atoms with Crippen molar-refractivity contribution in [3.8, 4) is 5.75 Å². The van der Waals surface area contributed by atoms with Crippen molar-refractivity contribution in [2.24, 2.45) is 23.7 Å². The van der Waals surface area contributed by atoms with Gasteiger partial charge in [0.1, 0.15) is 5.75 Å². The number of carbonyl (C=O) groups excluding carboxylic acids is 5. The molecule has 3 fully saturated rings. The fourth-order valence-corrected chi connectivity index (χ4v) is 9.78. The summed E-state index contributed by atoms with van der Waals surface area (Å²) in [6, 6.07) is 38.0. The summed E-state index contributed by atoms with van der Waals surface area (Å²) in [5, 5.41) is 11.9. The number of amides is 4. The molecule has 4 amide bonds. The van der Waals surface area contributed by atoms with E-state index in [0.29, 0.717) is 38.7 Å². The fraction of sp³-hybridized carbons (Fsp3) is 0.178. The van der Waals surface area contributed by atoms with Gasteiger partial charge in [0.15, 0.2) is 5.78 Å². The van der Waals surface area contributed by atoms with E-state index in [1.54, 1.807) is 97.1 Å². The first-order chi connectivity index (χ1) is 26.2. The molecule has 2 aliphatic carbocycles. The van der Waals surface area contributed by atoms with Crippen molar-refractivity contribution in [2.75, 3.05) is 9.80 Å². The van der Waals surface area contributed by atoms with Crippen LogP contribution >= 0.6 is 11.6 Å². The van der Waals surface area contributed by atoms with E-state index in [0.717, 1.165) is 5.57 Å². The highest BCUT2D eigenvalue weighted by atomic mass is 35.5. The highest BCUT2D eigenvalue weighted by Crippen LogP contribution is 2.65. The van der Waals surface area contributed by atoms with Crippen LogP contribution in [-0.2, 0) is 24.6 Å². The van der Waals surface area contributed by atoms with Gasteiger partial charge in [0, 0.05) is 27.6 Å². The van der Waals surface area contributed by atoms with Gasteiger partial charge in [0.2, 0.25) is 23.6 Å². The first kappa shape index (κ1) is 33.7. The summed E-state index contributed by atoms with van der Waals surface area (Å²) < 4.78 is 0. The Labute approximate surface area is 316 Å². The third-order valence-corrected chi connectivity index (χ3v) is 12.1. The zero-order valence-electron chi connectivity index (χ0n) is 28.8. The molecule has 6 unspecified atom stereocenters. The summed E-state index contributed by atoms with van der Waals surface area (Å²) in [6.45, 7) is 0. The molecule has 0 radical (unpaired) electrons. The lowest BCUT2D eigenvalue weighted by atomic mass is 9.49. The van der Waals surface area contributed by atoms with Crippen LogP contribution in [0.2, 0.25) is 5.02 Å². The summed E-state index contributed by atoms with van der Waals surface area (Å²) in [5.41, 5.74) is 1.99. The van der Waals surface area contributed by atoms with Crippen molar-refractivity contribution in [2.45, 2.75) is 24.2 Å². The monoisotopic (exact) mass is 732 g/mol. The van der Waals surface area contributed by atoms with Gasteiger partial charge in [0.25, 0.3) is 0 Å². The molecular weight excluding hydrogens is 700 g/mol. The molecule has 5 aromatic rings. The number of hydrogen-bond donors (Lipinski definition) is 1. The van der Waals surface area contributed by atoms with E-state index >= 15 is 4.79 Å². The minimum absolute atomic E-state index is 0.0396. The smallest absolute Gasteiger partial charge is 0.246 e. The van der Waals surface area contributed by atoms with Crippen molar-refractivity contribution < 1.29 is 29.1 Å². The number of nitrogens with zero attached hydrogens (tertiary/aromatic N) is 2. The standard InChI is InChI=1S/C45H33ClN2O6/c46-29-14-9-15-31(24-29)48-42(52)36-25-35-32(39(33-16-7-8-17-37(33)49)45(36,44(48)54)28-12-5-2-6-13-28)22-23-34-38(35)43(53)47(41(34)51)30-20-18-27(19-21-30)40(50)26-10-3-1-4-11-26/h1-22,24,34-36,38-39,49H,23,25H2. The summed E-state index contributed by atoms with van der Waals surface area (Å²) in [5.74, 6) is -5.72. The Bertz CT molecular complexity index is 2410. The molecule has 4 aliphatic rings. The van der Waals surface area contributed by atoms with Gasteiger partial charge in [-0.05, 0) is 72.9 Å². The van der Waals surface area contributed by atoms with Crippen LogP contribution < -0.4 is 9.80 Å². The van der Waals surface area contributed by atoms with Crippen molar-refractivity contribution >= 4 is 52.4 Å². The molecule has 0 spiro atoms. The average Bonchev–Trinajstić information content (AvgIpc) is 3.59. The number of halogens is 1. The van der Waals surface area contributed by atoms with Gasteiger partial charge in [-0.15, -0.1) is 0 Å². The number of carbonyl (C=O) groups is 5. The number of phenols is 1. The topological polar surface area (TPSA) is 112 Å². The lowest BCUT2D eigenvalue weighted by Crippen LogP contribution is -2.53. The summed E-state index contributed by atoms with van der Waals surface area (Å²) in [7, 11) is 0. The van der Waals surface area contributed by atoms with Gasteiger partial charge in [-0.1, -0.05) is 108 Å². The Hall–Kier alpha value is -6.12. The summed E-state index contributed by atoms with van der Waals surface area (Å²) in [4.78, 5) is 74.5. The molecule has 0 bridgehead atoms. The maximum Gasteiger partial charge on any atom is 0.246 e. The predicted molar refractivity (Wildman–Crippen MR) is 203 cm³/mol. The molecule has 0 aromatic heterocycles. The Morgan fingerprint density at radius 2 is 1.33 bits per heavy atom. The van der Waals surface area contributed by atoms with E-state index in [9.17, 15) is 24.3 Å². The number of para-hydroxylation sites is 1. The SMILES string of the molecule is O=C(c1ccccc1)c1ccc(N2C(=O)C3CC=C4C(CC5C(=O)N(c6cccc(Cl)c6)C(=O)C5(c5ccccc5)C4c4ccccc4O)C3C2=O)cc1. The van der Waals surface area contributed by atoms with Crippen LogP contribution in [0.25, 0.3) is 0 Å². The third-order valence-electron chi connectivity index (χ3n) is 11.8. The van der Waals surface area contributed by atoms with Crippen LogP contribution in [0.15, 0.2) is 145 Å². The molecule has 266 valence electrons. The summed E-state index contributed by atoms with van der Waals surface area (Å²) in [6.07, 6.45) is 2.33. The molecule has 2 saturated heterocycles. The highest BCUT2D eigenvalue weighted by Gasteiger charge is 2.70. The predicted octanol–water partition coefficient (Wildman–Crippen LogP) is 7.64. The second-order valence-corrected chi connectivity index (χ2v) is 14.8. The van der Waals surface area contributed by atoms with Gasteiger partial charge < -0.3 is 5.11 Å². The van der Waals surface area contributed by atoms with Gasteiger partial charge in [0.05, 0.1) is 34.5 Å². The van der Waals surface area contributed by atoms with E-state index < -0.39 is 52.7 Å². The number of aromatic hydroxyl groups is 1. The second-order valence-electron chi connectivity index (χ2n) is 14.4. The van der Waals surface area contributed by atoms with E-state index in [1.807, 2.05) is 42.5 Å². The highest BCUT2D eigenvalue weighted by molar-refractivity contribution is 6.32. The molecule has 5 aromatic carbocycles. The van der Waals surface area contributed by atoms with Gasteiger partial charge in [-0.3, -0.25) is 28.9 Å². The van der Waals surface area contributed by atoms with E-state index in [2.05, 4.69) is 0 Å². The Morgan fingerprint density at radius 3 is 2.04 bits per heavy atom. The molecule has 1 saturated carbocycles. The van der Waals surface area contributed by atoms with Crippen molar-refractivity contribution in [3.63, 3.8) is 0 Å². The first-order valence-electron chi connectivity index (χ1n) is 18.0. The molecular formula is C45H33ClN2O6. The zero-order valence-corrected chi connectivity index (χ0v) is 29.6. The average molecular weight is 733 g/mol. The quantitative estimate of drug-likeness (QED) is 0.109. The Morgan fingerprint density at radius 1 is 0.667 bits per heavy atom. The Kier molecular flexibility index (Phi) is 7.97. The number of rotatable bonds is 6. The number of imide groups is 2. The van der Waals surface area contributed by atoms with Crippen molar-refractivity contribution in [1.82, 2.24) is 0 Å². The zero-order chi connectivity index (χ0) is 37.3. The Balaban J connectivity index is 1.16. The second kappa shape index (κ2) is 12.8. The van der Waals surface area contributed by atoms with Crippen molar-refractivity contribution in [3.05, 3.63) is 172 Å². The van der Waals surface area contributed by atoms with Gasteiger partial charge >= 0.3 is 0 Å². The molecule has 54 heavy (non-hydrogen) atoms. The third kappa shape index (κ3) is 4.86. The minimum atomic E-state index is -1.48. The number of phenolic OH excluding ortho intramolecular Hbond substituents is 1. The van der Waals surface area contributed by atoms with Crippen LogP contribution in [0.3, 0.4) is 0 Å². The molecule has 8 nitrogen and oxygen atoms in total. The number of anilines is 2. The lowest BCUT2D eigenvalue weighted by Gasteiger charge is -2.50. The first-order valence-corrected chi connectivity index (χ1v) is 18.3. The van der Waals surface area contributed by atoms with E-state index in [1.165, 1.54) is 9.80 Å². The molecule has 9 rings (SSSR count). The normalized spacial score (nSPS) is 25.9. The largest absolute Gasteiger partial charge is 0.508 e. The van der Waals surface area contributed by atoms with Crippen LogP contribution in [0.5, 0.6) is 5.75 Å². The molecule has 6 atom stereocenters. The minimum Gasteiger partial charge on any atom is -0.508 e. The van der Waals surface area contributed by atoms with Gasteiger partial charge in [-0.25, -0.2) is 4.90 Å². The molecule has 9 heteroatoms. The van der Waals surface area contributed by atoms with Crippen LogP contribution in [0, 0.1) is 23.7 Å². The van der Waals surface area contributed by atoms with Crippen LogP contribution in [0.1, 0.15) is 45.8 Å². The maximum absolute atomic E-state index is 15.3. The van der Waals surface area contributed by atoms with E-state index in [-0.39, 0.29) is 30.3 Å². The molecule has 2 heterocycles. The number of benzene rings is 5. The number of fused-ring (bicyclic) bond motifs is 4. The van der Waals surface area contributed by atoms with E-state index in [4.69, 9.17) is 11.6 Å². The van der Waals surface area contributed by atoms with Gasteiger partial charge in [-0.2, -0.15) is 0 Å². The van der Waals surface area contributed by atoms with Crippen molar-refractivity contribution in [1.29, 1.82) is 0 Å². The maximum atomic E-state index is 15.3. The molecule has 2 aliphatic heterocycles. The molecule has 1 N–H and O–H groups in total. The fourth-order valence-electron chi connectivity index (χ4n) is 9.59. The number of allylic oxidation sites excluding steroid dienone is 2. The number of hydrogen-bond acceptors (Lipinski definition) is 6.